The zero-order valence-electron chi connectivity index (χ0n) is 13.2. The third kappa shape index (κ3) is 2.31. The van der Waals surface area contributed by atoms with Gasteiger partial charge in [0.05, 0.1) is 11.1 Å². The number of aromatic nitrogens is 4. The quantitative estimate of drug-likeness (QED) is 0.663. The van der Waals surface area contributed by atoms with Gasteiger partial charge in [-0.1, -0.05) is 17.8 Å². The summed E-state index contributed by atoms with van der Waals surface area (Å²) in [6.07, 6.45) is 9.02. The third-order valence-electron chi connectivity index (χ3n) is 4.78. The van der Waals surface area contributed by atoms with Gasteiger partial charge in [-0.2, -0.15) is 5.26 Å². The summed E-state index contributed by atoms with van der Waals surface area (Å²) in [6, 6.07) is 8.90. The molecule has 5 nitrogen and oxygen atoms in total. The van der Waals surface area contributed by atoms with Gasteiger partial charge in [0.2, 0.25) is 0 Å². The van der Waals surface area contributed by atoms with Crippen LogP contribution in [-0.2, 0) is 5.75 Å². The summed E-state index contributed by atoms with van der Waals surface area (Å²) in [5.74, 6) is 2.56. The zero-order valence-corrected chi connectivity index (χ0v) is 14.0. The van der Waals surface area contributed by atoms with E-state index in [-0.39, 0.29) is 0 Å². The van der Waals surface area contributed by atoms with Crippen molar-refractivity contribution in [2.45, 2.75) is 48.6 Å². The molecule has 2 saturated carbocycles. The fourth-order valence-corrected chi connectivity index (χ4v) is 4.22. The standard InChI is InChI=1S/C18H17N5S/c19-9-15-13(10-22-8-2-1-3-16(15)22)11-24-18-21-20-17(12-4-5-12)23(18)14-6-7-14/h1-3,8,10,12,14H,4-7,11H2. The Morgan fingerprint density at radius 2 is 2.08 bits per heavy atom. The number of hydrogen-bond donors (Lipinski definition) is 0. The van der Waals surface area contributed by atoms with Gasteiger partial charge < -0.3 is 8.97 Å². The van der Waals surface area contributed by atoms with E-state index in [4.69, 9.17) is 0 Å². The molecule has 0 radical (unpaired) electrons. The van der Waals surface area contributed by atoms with Gasteiger partial charge in [-0.3, -0.25) is 0 Å². The average molecular weight is 335 g/mol. The Bertz CT molecular complexity index is 956. The number of fused-ring (bicyclic) bond motifs is 1. The van der Waals surface area contributed by atoms with Crippen LogP contribution in [0, 0.1) is 11.3 Å². The van der Waals surface area contributed by atoms with Crippen LogP contribution in [0.3, 0.4) is 0 Å². The van der Waals surface area contributed by atoms with Gasteiger partial charge in [-0.15, -0.1) is 10.2 Å². The highest BCUT2D eigenvalue weighted by Gasteiger charge is 2.36. The highest BCUT2D eigenvalue weighted by atomic mass is 32.2. The fraction of sp³-hybridized carbons (Fsp3) is 0.389. The van der Waals surface area contributed by atoms with Crippen LogP contribution in [0.2, 0.25) is 0 Å². The van der Waals surface area contributed by atoms with E-state index in [0.717, 1.165) is 27.6 Å². The fourth-order valence-electron chi connectivity index (χ4n) is 3.24. The molecular formula is C18H17N5S. The van der Waals surface area contributed by atoms with Gasteiger partial charge in [0.15, 0.2) is 5.16 Å². The van der Waals surface area contributed by atoms with E-state index in [1.54, 1.807) is 11.8 Å². The number of nitrogens with zero attached hydrogens (tertiary/aromatic N) is 5. The molecule has 0 atom stereocenters. The summed E-state index contributed by atoms with van der Waals surface area (Å²) in [7, 11) is 0. The van der Waals surface area contributed by atoms with Crippen molar-refractivity contribution in [3.8, 4) is 6.07 Å². The lowest BCUT2D eigenvalue weighted by atomic mass is 10.2. The number of nitriles is 1. The summed E-state index contributed by atoms with van der Waals surface area (Å²) in [6.45, 7) is 0. The van der Waals surface area contributed by atoms with Crippen molar-refractivity contribution >= 4 is 17.3 Å². The van der Waals surface area contributed by atoms with E-state index in [9.17, 15) is 5.26 Å². The molecule has 3 heterocycles. The maximum Gasteiger partial charge on any atom is 0.191 e. The Hall–Kier alpha value is -2.26. The van der Waals surface area contributed by atoms with Crippen LogP contribution in [0.15, 0.2) is 35.7 Å². The van der Waals surface area contributed by atoms with E-state index >= 15 is 0 Å². The van der Waals surface area contributed by atoms with Crippen molar-refractivity contribution in [3.63, 3.8) is 0 Å². The Balaban J connectivity index is 1.45. The predicted molar refractivity (Wildman–Crippen MR) is 91.9 cm³/mol. The molecule has 3 aromatic rings. The molecule has 0 aromatic carbocycles. The van der Waals surface area contributed by atoms with Crippen LogP contribution in [0.1, 0.15) is 54.6 Å². The van der Waals surface area contributed by atoms with Crippen molar-refractivity contribution < 1.29 is 0 Å². The minimum Gasteiger partial charge on any atom is -0.322 e. The molecule has 0 spiro atoms. The summed E-state index contributed by atoms with van der Waals surface area (Å²) < 4.78 is 4.39. The predicted octanol–water partition coefficient (Wildman–Crippen LogP) is 3.91. The van der Waals surface area contributed by atoms with Crippen LogP contribution in [0.5, 0.6) is 0 Å². The van der Waals surface area contributed by atoms with Gasteiger partial charge in [-0.25, -0.2) is 0 Å². The second kappa shape index (κ2) is 5.38. The first-order chi connectivity index (χ1) is 11.8. The van der Waals surface area contributed by atoms with Crippen LogP contribution in [0.4, 0.5) is 0 Å². The maximum absolute atomic E-state index is 9.53. The van der Waals surface area contributed by atoms with Gasteiger partial charge in [-0.05, 0) is 43.4 Å². The largest absolute Gasteiger partial charge is 0.322 e. The number of rotatable bonds is 5. The maximum atomic E-state index is 9.53. The van der Waals surface area contributed by atoms with Crippen molar-refractivity contribution in [3.05, 3.63) is 47.5 Å². The lowest BCUT2D eigenvalue weighted by Gasteiger charge is -2.07. The van der Waals surface area contributed by atoms with Crippen LogP contribution < -0.4 is 0 Å². The molecule has 0 unspecified atom stereocenters. The molecule has 2 fully saturated rings. The van der Waals surface area contributed by atoms with Gasteiger partial charge in [0.1, 0.15) is 11.9 Å². The van der Waals surface area contributed by atoms with Crippen molar-refractivity contribution in [1.29, 1.82) is 5.26 Å². The molecule has 0 amide bonds. The third-order valence-corrected chi connectivity index (χ3v) is 5.77. The monoisotopic (exact) mass is 335 g/mol. The number of hydrogen-bond acceptors (Lipinski definition) is 4. The Labute approximate surface area is 144 Å². The second-order valence-electron chi connectivity index (χ2n) is 6.64. The van der Waals surface area contributed by atoms with Crippen LogP contribution >= 0.6 is 11.8 Å². The molecule has 5 rings (SSSR count). The van der Waals surface area contributed by atoms with Gasteiger partial charge in [0, 0.05) is 30.1 Å². The number of thioether (sulfide) groups is 1. The average Bonchev–Trinajstić information content (AvgIpc) is 3.54. The van der Waals surface area contributed by atoms with Gasteiger partial charge in [0.25, 0.3) is 0 Å². The molecule has 6 heteroatoms. The summed E-state index contributed by atoms with van der Waals surface area (Å²) in [5, 5.41) is 19.5. The van der Waals surface area contributed by atoms with Gasteiger partial charge >= 0.3 is 0 Å². The molecule has 0 aliphatic heterocycles. The van der Waals surface area contributed by atoms with Crippen molar-refractivity contribution in [2.75, 3.05) is 0 Å². The molecule has 120 valence electrons. The summed E-state index contributed by atoms with van der Waals surface area (Å²) in [4.78, 5) is 0. The van der Waals surface area contributed by atoms with E-state index in [1.165, 1.54) is 31.5 Å². The first-order valence-electron chi connectivity index (χ1n) is 8.41. The first kappa shape index (κ1) is 14.1. The lowest BCUT2D eigenvalue weighted by Crippen LogP contribution is -2.02. The molecule has 0 N–H and O–H groups in total. The molecular weight excluding hydrogens is 318 g/mol. The molecule has 2 aliphatic rings. The zero-order chi connectivity index (χ0) is 16.1. The Morgan fingerprint density at radius 1 is 1.21 bits per heavy atom. The van der Waals surface area contributed by atoms with Crippen molar-refractivity contribution in [2.24, 2.45) is 0 Å². The smallest absolute Gasteiger partial charge is 0.191 e. The van der Waals surface area contributed by atoms with E-state index in [0.29, 0.717) is 12.0 Å². The molecule has 24 heavy (non-hydrogen) atoms. The number of pyridine rings is 1. The van der Waals surface area contributed by atoms with E-state index in [2.05, 4.69) is 27.0 Å². The van der Waals surface area contributed by atoms with Crippen LogP contribution in [0.25, 0.3) is 5.52 Å². The minimum absolute atomic E-state index is 0.599. The Morgan fingerprint density at radius 3 is 2.83 bits per heavy atom. The van der Waals surface area contributed by atoms with E-state index in [1.807, 2.05) is 28.8 Å². The minimum atomic E-state index is 0.599. The summed E-state index contributed by atoms with van der Waals surface area (Å²) in [5.41, 5.74) is 2.80. The first-order valence-corrected chi connectivity index (χ1v) is 9.40. The van der Waals surface area contributed by atoms with Crippen molar-refractivity contribution in [1.82, 2.24) is 19.2 Å². The highest BCUT2D eigenvalue weighted by Crippen LogP contribution is 2.46. The second-order valence-corrected chi connectivity index (χ2v) is 7.58. The SMILES string of the molecule is N#Cc1c(CSc2nnc(C3CC3)n2C2CC2)cn2ccccc12. The molecule has 0 bridgehead atoms. The Kier molecular flexibility index (Phi) is 3.17. The topological polar surface area (TPSA) is 58.9 Å². The molecule has 2 aliphatic carbocycles. The summed E-state index contributed by atoms with van der Waals surface area (Å²) >= 11 is 1.70. The van der Waals surface area contributed by atoms with E-state index < -0.39 is 0 Å². The molecule has 0 saturated heterocycles. The lowest BCUT2D eigenvalue weighted by molar-refractivity contribution is 0.627. The van der Waals surface area contributed by atoms with Crippen LogP contribution in [-0.4, -0.2) is 19.2 Å². The molecule has 3 aromatic heterocycles. The normalized spacial score (nSPS) is 17.3. The highest BCUT2D eigenvalue weighted by molar-refractivity contribution is 7.98.